The van der Waals surface area contributed by atoms with E-state index in [1.165, 1.54) is 17.3 Å². The number of benzene rings is 2. The van der Waals surface area contributed by atoms with E-state index in [4.69, 9.17) is 4.98 Å². The van der Waals surface area contributed by atoms with Crippen molar-refractivity contribution in [3.05, 3.63) is 70.3 Å². The van der Waals surface area contributed by atoms with Gasteiger partial charge in [-0.2, -0.15) is 0 Å². The van der Waals surface area contributed by atoms with Gasteiger partial charge in [-0.05, 0) is 55.7 Å². The second-order valence-corrected chi connectivity index (χ2v) is 7.08. The molecule has 1 N–H and O–H groups in total. The van der Waals surface area contributed by atoms with Crippen LogP contribution in [0.25, 0.3) is 10.9 Å². The number of anilines is 2. The molecule has 0 spiro atoms. The average Bonchev–Trinajstić information content (AvgIpc) is 2.68. The van der Waals surface area contributed by atoms with Gasteiger partial charge in [0.05, 0.1) is 10.4 Å². The van der Waals surface area contributed by atoms with Crippen LogP contribution < -0.4 is 10.2 Å². The van der Waals surface area contributed by atoms with E-state index in [1.807, 2.05) is 12.1 Å². The van der Waals surface area contributed by atoms with Gasteiger partial charge in [0, 0.05) is 42.3 Å². The van der Waals surface area contributed by atoms with Crippen LogP contribution in [0.1, 0.15) is 18.4 Å². The highest BCUT2D eigenvalue weighted by atomic mass is 16.6. The Morgan fingerprint density at radius 1 is 1.11 bits per heavy atom. The first-order valence-electron chi connectivity index (χ1n) is 9.22. The number of nitro groups is 1. The lowest BCUT2D eigenvalue weighted by atomic mass is 10.0. The van der Waals surface area contributed by atoms with Gasteiger partial charge in [-0.15, -0.1) is 0 Å². The third kappa shape index (κ3) is 3.84. The highest BCUT2D eigenvalue weighted by Crippen LogP contribution is 2.25. The summed E-state index contributed by atoms with van der Waals surface area (Å²) in [5.41, 5.74) is 3.33. The molecule has 0 bridgehead atoms. The largest absolute Gasteiger partial charge is 0.382 e. The minimum atomic E-state index is -0.376. The molecule has 0 atom stereocenters. The van der Waals surface area contributed by atoms with E-state index in [2.05, 4.69) is 41.4 Å². The number of hydrogen-bond acceptors (Lipinski definition) is 5. The molecule has 4 rings (SSSR count). The van der Waals surface area contributed by atoms with Gasteiger partial charge in [0.1, 0.15) is 5.82 Å². The van der Waals surface area contributed by atoms with E-state index in [9.17, 15) is 10.1 Å². The maximum atomic E-state index is 10.9. The van der Waals surface area contributed by atoms with Crippen molar-refractivity contribution in [3.8, 4) is 0 Å². The second-order valence-electron chi connectivity index (χ2n) is 7.08. The van der Waals surface area contributed by atoms with E-state index in [0.29, 0.717) is 6.04 Å². The topological polar surface area (TPSA) is 71.3 Å². The van der Waals surface area contributed by atoms with Crippen LogP contribution in [-0.2, 0) is 0 Å². The van der Waals surface area contributed by atoms with Gasteiger partial charge in [0.25, 0.3) is 5.69 Å². The van der Waals surface area contributed by atoms with Crippen molar-refractivity contribution in [1.82, 2.24) is 4.98 Å². The maximum absolute atomic E-state index is 10.9. The van der Waals surface area contributed by atoms with Crippen molar-refractivity contribution in [3.63, 3.8) is 0 Å². The Hall–Kier alpha value is -3.15. The number of non-ortho nitro benzene ring substituents is 1. The Morgan fingerprint density at radius 3 is 2.67 bits per heavy atom. The summed E-state index contributed by atoms with van der Waals surface area (Å²) in [5.74, 6) is 0.936. The molecule has 1 aliphatic rings. The van der Waals surface area contributed by atoms with Crippen LogP contribution in [0.4, 0.5) is 17.2 Å². The number of piperidine rings is 1. The van der Waals surface area contributed by atoms with Crippen LogP contribution in [-0.4, -0.2) is 29.0 Å². The number of hydrogen-bond donors (Lipinski definition) is 1. The minimum Gasteiger partial charge on any atom is -0.382 e. The zero-order valence-corrected chi connectivity index (χ0v) is 15.3. The third-order valence-electron chi connectivity index (χ3n) is 5.08. The summed E-state index contributed by atoms with van der Waals surface area (Å²) in [6.07, 6.45) is 2.10. The highest BCUT2D eigenvalue weighted by molar-refractivity contribution is 5.82. The molecule has 1 fully saturated rings. The van der Waals surface area contributed by atoms with Gasteiger partial charge in [-0.3, -0.25) is 10.1 Å². The molecule has 0 unspecified atom stereocenters. The normalized spacial score (nSPS) is 15.1. The quantitative estimate of drug-likeness (QED) is 0.545. The van der Waals surface area contributed by atoms with Crippen LogP contribution in [0, 0.1) is 17.0 Å². The lowest BCUT2D eigenvalue weighted by Gasteiger charge is -2.33. The number of aryl methyl sites for hydroxylation is 1. The zero-order chi connectivity index (χ0) is 18.8. The number of nitrogens with one attached hydrogen (secondary N) is 1. The van der Waals surface area contributed by atoms with Crippen molar-refractivity contribution < 1.29 is 4.92 Å². The molecule has 0 saturated carbocycles. The Balaban J connectivity index is 1.43. The number of fused-ring (bicyclic) bond motifs is 1. The molecule has 2 heterocycles. The van der Waals surface area contributed by atoms with E-state index >= 15 is 0 Å². The Bertz CT molecular complexity index is 981. The molecular weight excluding hydrogens is 340 g/mol. The van der Waals surface area contributed by atoms with Crippen molar-refractivity contribution in [1.29, 1.82) is 0 Å². The van der Waals surface area contributed by atoms with Crippen molar-refractivity contribution in [2.24, 2.45) is 0 Å². The fraction of sp³-hybridized carbons (Fsp3) is 0.286. The van der Waals surface area contributed by atoms with E-state index in [-0.39, 0.29) is 10.6 Å². The molecule has 0 amide bonds. The molecule has 138 valence electrons. The molecule has 6 nitrogen and oxygen atoms in total. The van der Waals surface area contributed by atoms with Gasteiger partial charge in [-0.1, -0.05) is 12.1 Å². The van der Waals surface area contributed by atoms with Gasteiger partial charge < -0.3 is 10.2 Å². The average molecular weight is 362 g/mol. The summed E-state index contributed by atoms with van der Waals surface area (Å²) in [7, 11) is 0. The van der Waals surface area contributed by atoms with Crippen LogP contribution in [0.5, 0.6) is 0 Å². The first-order chi connectivity index (χ1) is 13.1. The molecule has 27 heavy (non-hydrogen) atoms. The fourth-order valence-electron chi connectivity index (χ4n) is 3.62. The smallest absolute Gasteiger partial charge is 0.270 e. The molecule has 1 aromatic heterocycles. The molecule has 0 radical (unpaired) electrons. The van der Waals surface area contributed by atoms with Crippen molar-refractivity contribution in [2.45, 2.75) is 25.8 Å². The molecule has 2 aromatic carbocycles. The van der Waals surface area contributed by atoms with E-state index in [1.54, 1.807) is 12.1 Å². The standard InChI is InChI=1S/C21H22N4O2/c1-15-3-2-4-18(13-15)22-17-9-11-24(12-10-17)21-8-5-16-14-19(25(26)27)6-7-20(16)23-21/h2-8,13-14,17,22H,9-12H2,1H3. The van der Waals surface area contributed by atoms with E-state index < -0.39 is 0 Å². The van der Waals surface area contributed by atoms with Crippen molar-refractivity contribution >= 4 is 28.1 Å². The molecule has 1 aliphatic heterocycles. The van der Waals surface area contributed by atoms with Gasteiger partial charge in [0.15, 0.2) is 0 Å². The summed E-state index contributed by atoms with van der Waals surface area (Å²) in [6.45, 7) is 3.98. The summed E-state index contributed by atoms with van der Waals surface area (Å²) < 4.78 is 0. The number of rotatable bonds is 4. The number of nitrogens with zero attached hydrogens (tertiary/aromatic N) is 3. The van der Waals surface area contributed by atoms with Gasteiger partial charge in [-0.25, -0.2) is 4.98 Å². The number of aromatic nitrogens is 1. The lowest BCUT2D eigenvalue weighted by molar-refractivity contribution is -0.384. The first-order valence-corrected chi connectivity index (χ1v) is 9.22. The predicted molar refractivity (Wildman–Crippen MR) is 108 cm³/mol. The Morgan fingerprint density at radius 2 is 1.93 bits per heavy atom. The SMILES string of the molecule is Cc1cccc(NC2CCN(c3ccc4cc([N+](=O)[O-])ccc4n3)CC2)c1. The number of nitro benzene ring substituents is 1. The predicted octanol–water partition coefficient (Wildman–Crippen LogP) is 4.53. The maximum Gasteiger partial charge on any atom is 0.270 e. The van der Waals surface area contributed by atoms with Crippen LogP contribution in [0.15, 0.2) is 54.6 Å². The highest BCUT2D eigenvalue weighted by Gasteiger charge is 2.20. The van der Waals surface area contributed by atoms with Crippen LogP contribution in [0.2, 0.25) is 0 Å². The monoisotopic (exact) mass is 362 g/mol. The fourth-order valence-corrected chi connectivity index (χ4v) is 3.62. The van der Waals surface area contributed by atoms with Crippen LogP contribution >= 0.6 is 0 Å². The molecule has 0 aliphatic carbocycles. The Labute approximate surface area is 158 Å². The summed E-state index contributed by atoms with van der Waals surface area (Å²) in [4.78, 5) is 17.5. The first kappa shape index (κ1) is 17.3. The third-order valence-corrected chi connectivity index (χ3v) is 5.08. The van der Waals surface area contributed by atoms with Crippen molar-refractivity contribution in [2.75, 3.05) is 23.3 Å². The van der Waals surface area contributed by atoms with Crippen LogP contribution in [0.3, 0.4) is 0 Å². The van der Waals surface area contributed by atoms with E-state index in [0.717, 1.165) is 42.7 Å². The summed E-state index contributed by atoms with van der Waals surface area (Å²) in [6, 6.07) is 17.6. The molecule has 1 saturated heterocycles. The van der Waals surface area contributed by atoms with Gasteiger partial charge >= 0.3 is 0 Å². The Kier molecular flexibility index (Phi) is 4.62. The summed E-state index contributed by atoms with van der Waals surface area (Å²) >= 11 is 0. The number of pyridine rings is 1. The molecular formula is C21H22N4O2. The summed E-state index contributed by atoms with van der Waals surface area (Å²) in [5, 5.41) is 15.3. The second kappa shape index (κ2) is 7.23. The molecule has 6 heteroatoms. The zero-order valence-electron chi connectivity index (χ0n) is 15.3. The minimum absolute atomic E-state index is 0.0973. The van der Waals surface area contributed by atoms with Gasteiger partial charge in [0.2, 0.25) is 0 Å². The molecule has 3 aromatic rings. The lowest BCUT2D eigenvalue weighted by Crippen LogP contribution is -2.39.